The van der Waals surface area contributed by atoms with Crippen molar-refractivity contribution in [2.45, 2.75) is 46.2 Å². The molecule has 0 N–H and O–H groups in total. The van der Waals surface area contributed by atoms with Gasteiger partial charge < -0.3 is 0 Å². The van der Waals surface area contributed by atoms with E-state index < -0.39 is 0 Å². The third-order valence-corrected chi connectivity index (χ3v) is 4.58. The lowest BCUT2D eigenvalue weighted by atomic mass is 10.00. The maximum Gasteiger partial charge on any atom is 0.0739 e. The van der Waals surface area contributed by atoms with Crippen LogP contribution in [-0.2, 0) is 13.6 Å². The zero-order chi connectivity index (χ0) is 12.5. The third kappa shape index (κ3) is 2.66. The fourth-order valence-electron chi connectivity index (χ4n) is 1.56. The highest BCUT2D eigenvalue weighted by atomic mass is 79.9. The minimum atomic E-state index is 0.220. The van der Waals surface area contributed by atoms with Crippen LogP contribution in [0, 0.1) is 6.92 Å². The van der Waals surface area contributed by atoms with Gasteiger partial charge in [-0.25, -0.2) is 0 Å². The fourth-order valence-corrected chi connectivity index (χ4v) is 2.02. The molecule has 3 nitrogen and oxygen atoms in total. The van der Waals surface area contributed by atoms with Gasteiger partial charge in [0.2, 0.25) is 0 Å². The van der Waals surface area contributed by atoms with Crippen LogP contribution in [0.25, 0.3) is 0 Å². The van der Waals surface area contributed by atoms with Crippen LogP contribution in [0.15, 0.2) is 4.47 Å². The summed E-state index contributed by atoms with van der Waals surface area (Å²) in [5, 5.41) is 4.41. The molecule has 0 atom stereocenters. The predicted octanol–water partition coefficient (Wildman–Crippen LogP) is 3.11. The molecular weight excluding hydrogens is 266 g/mol. The van der Waals surface area contributed by atoms with Crippen LogP contribution in [0.3, 0.4) is 0 Å². The molecule has 1 aromatic rings. The van der Waals surface area contributed by atoms with Crippen molar-refractivity contribution in [3.8, 4) is 0 Å². The molecular formula is C12H22BrN3. The first-order chi connectivity index (χ1) is 7.29. The summed E-state index contributed by atoms with van der Waals surface area (Å²) in [4.78, 5) is 2.37. The first-order valence-corrected chi connectivity index (χ1v) is 6.48. The molecule has 1 rings (SSSR count). The molecule has 0 fully saturated rings. The number of aryl methyl sites for hydroxylation is 2. The summed E-state index contributed by atoms with van der Waals surface area (Å²) in [7, 11) is 4.16. The minimum absolute atomic E-state index is 0.220. The number of halogens is 1. The molecule has 0 bridgehead atoms. The first kappa shape index (κ1) is 13.7. The molecule has 0 radical (unpaired) electrons. The van der Waals surface area contributed by atoms with E-state index >= 15 is 0 Å². The largest absolute Gasteiger partial charge is 0.295 e. The molecule has 0 saturated heterocycles. The molecule has 0 aliphatic heterocycles. The van der Waals surface area contributed by atoms with Crippen molar-refractivity contribution in [2.75, 3.05) is 7.05 Å². The molecule has 0 unspecified atom stereocenters. The molecule has 0 aliphatic carbocycles. The van der Waals surface area contributed by atoms with Gasteiger partial charge in [0.25, 0.3) is 0 Å². The molecule has 1 aromatic heterocycles. The molecule has 16 heavy (non-hydrogen) atoms. The number of aromatic nitrogens is 2. The van der Waals surface area contributed by atoms with Crippen LogP contribution in [0.4, 0.5) is 0 Å². The highest BCUT2D eigenvalue weighted by Gasteiger charge is 2.23. The van der Waals surface area contributed by atoms with Crippen LogP contribution in [0.1, 0.15) is 38.6 Å². The Morgan fingerprint density at radius 3 is 2.38 bits per heavy atom. The Kier molecular flexibility index (Phi) is 4.18. The second-order valence-corrected chi connectivity index (χ2v) is 5.78. The molecule has 0 saturated carbocycles. The zero-order valence-electron chi connectivity index (χ0n) is 11.1. The Morgan fingerprint density at radius 2 is 2.00 bits per heavy atom. The Hall–Kier alpha value is -0.350. The second kappa shape index (κ2) is 4.88. The van der Waals surface area contributed by atoms with Crippen molar-refractivity contribution in [2.24, 2.45) is 7.05 Å². The van der Waals surface area contributed by atoms with E-state index in [1.54, 1.807) is 0 Å². The Balaban J connectivity index is 2.89. The van der Waals surface area contributed by atoms with Gasteiger partial charge in [-0.1, -0.05) is 6.92 Å². The van der Waals surface area contributed by atoms with Gasteiger partial charge in [0.05, 0.1) is 15.9 Å². The SMILES string of the molecule is CCC(C)(C)N(C)Cc1c(Br)c(C)nn1C. The van der Waals surface area contributed by atoms with Crippen molar-refractivity contribution in [3.05, 3.63) is 15.9 Å². The Bertz CT molecular complexity index is 369. The lowest BCUT2D eigenvalue weighted by Crippen LogP contribution is -2.40. The van der Waals surface area contributed by atoms with Gasteiger partial charge >= 0.3 is 0 Å². The van der Waals surface area contributed by atoms with Crippen molar-refractivity contribution >= 4 is 15.9 Å². The topological polar surface area (TPSA) is 21.1 Å². The Morgan fingerprint density at radius 1 is 1.44 bits per heavy atom. The maximum atomic E-state index is 4.41. The van der Waals surface area contributed by atoms with E-state index in [0.29, 0.717) is 0 Å². The summed E-state index contributed by atoms with van der Waals surface area (Å²) >= 11 is 3.61. The van der Waals surface area contributed by atoms with Crippen LogP contribution in [-0.4, -0.2) is 27.3 Å². The maximum absolute atomic E-state index is 4.41. The van der Waals surface area contributed by atoms with Gasteiger partial charge in [-0.3, -0.25) is 9.58 Å². The molecule has 0 spiro atoms. The minimum Gasteiger partial charge on any atom is -0.295 e. The van der Waals surface area contributed by atoms with Crippen LogP contribution < -0.4 is 0 Å². The molecule has 0 aliphatic rings. The summed E-state index contributed by atoms with van der Waals surface area (Å²) in [6, 6.07) is 0. The number of rotatable bonds is 4. The molecule has 4 heteroatoms. The number of hydrogen-bond donors (Lipinski definition) is 0. The van der Waals surface area contributed by atoms with Crippen molar-refractivity contribution in [1.29, 1.82) is 0 Å². The average Bonchev–Trinajstić information content (AvgIpc) is 2.45. The summed E-state index contributed by atoms with van der Waals surface area (Å²) in [6.45, 7) is 9.70. The van der Waals surface area contributed by atoms with Crippen molar-refractivity contribution < 1.29 is 0 Å². The average molecular weight is 288 g/mol. The lowest BCUT2D eigenvalue weighted by molar-refractivity contribution is 0.139. The van der Waals surface area contributed by atoms with E-state index in [9.17, 15) is 0 Å². The van der Waals surface area contributed by atoms with E-state index in [4.69, 9.17) is 0 Å². The molecule has 0 aromatic carbocycles. The van der Waals surface area contributed by atoms with Gasteiger partial charge in [0.1, 0.15) is 0 Å². The summed E-state index contributed by atoms with van der Waals surface area (Å²) < 4.78 is 3.09. The second-order valence-electron chi connectivity index (χ2n) is 4.99. The highest BCUT2D eigenvalue weighted by molar-refractivity contribution is 9.10. The van der Waals surface area contributed by atoms with E-state index in [0.717, 1.165) is 23.1 Å². The molecule has 0 amide bonds. The summed E-state index contributed by atoms with van der Waals surface area (Å²) in [5.41, 5.74) is 2.51. The van der Waals surface area contributed by atoms with E-state index in [1.807, 2.05) is 18.7 Å². The van der Waals surface area contributed by atoms with Crippen molar-refractivity contribution in [3.63, 3.8) is 0 Å². The predicted molar refractivity (Wildman–Crippen MR) is 71.5 cm³/mol. The monoisotopic (exact) mass is 287 g/mol. The lowest BCUT2D eigenvalue weighted by Gasteiger charge is -2.34. The summed E-state index contributed by atoms with van der Waals surface area (Å²) in [6.07, 6.45) is 1.14. The van der Waals surface area contributed by atoms with Gasteiger partial charge in [-0.15, -0.1) is 0 Å². The van der Waals surface area contributed by atoms with Crippen LogP contribution in [0.2, 0.25) is 0 Å². The zero-order valence-corrected chi connectivity index (χ0v) is 12.7. The van der Waals surface area contributed by atoms with E-state index in [1.165, 1.54) is 5.69 Å². The van der Waals surface area contributed by atoms with Gasteiger partial charge in [0, 0.05) is 19.1 Å². The van der Waals surface area contributed by atoms with Crippen molar-refractivity contribution in [1.82, 2.24) is 14.7 Å². The fraction of sp³-hybridized carbons (Fsp3) is 0.750. The van der Waals surface area contributed by atoms with Crippen LogP contribution >= 0.6 is 15.9 Å². The Labute approximate surface area is 107 Å². The molecule has 92 valence electrons. The van der Waals surface area contributed by atoms with E-state index in [-0.39, 0.29) is 5.54 Å². The molecule has 1 heterocycles. The van der Waals surface area contributed by atoms with Gasteiger partial charge in [-0.2, -0.15) is 5.10 Å². The van der Waals surface area contributed by atoms with Crippen LogP contribution in [0.5, 0.6) is 0 Å². The van der Waals surface area contributed by atoms with Gasteiger partial charge in [-0.05, 0) is 50.2 Å². The highest BCUT2D eigenvalue weighted by Crippen LogP contribution is 2.25. The third-order valence-electron chi connectivity index (χ3n) is 3.55. The smallest absolute Gasteiger partial charge is 0.0739 e. The quantitative estimate of drug-likeness (QED) is 0.849. The number of nitrogens with zero attached hydrogens (tertiary/aromatic N) is 3. The normalized spacial score (nSPS) is 12.5. The van der Waals surface area contributed by atoms with E-state index in [2.05, 4.69) is 53.7 Å². The first-order valence-electron chi connectivity index (χ1n) is 5.68. The van der Waals surface area contributed by atoms with Gasteiger partial charge in [0.15, 0.2) is 0 Å². The standard InChI is InChI=1S/C12H22BrN3/c1-7-12(3,4)15(5)8-10-11(13)9(2)14-16(10)6/h7-8H2,1-6H3. The summed E-state index contributed by atoms with van der Waals surface area (Å²) in [5.74, 6) is 0. The number of hydrogen-bond acceptors (Lipinski definition) is 2.